The van der Waals surface area contributed by atoms with Crippen LogP contribution in [-0.2, 0) is 0 Å². The Morgan fingerprint density at radius 1 is 0.605 bits per heavy atom. The Morgan fingerprint density at radius 3 is 1.88 bits per heavy atom. The van der Waals surface area contributed by atoms with Gasteiger partial charge >= 0.3 is 0 Å². The van der Waals surface area contributed by atoms with Crippen LogP contribution in [0.4, 0.5) is 0 Å². The molecule has 0 amide bonds. The average Bonchev–Trinajstić information content (AvgIpc) is 3.70. The lowest BCUT2D eigenvalue weighted by Crippen LogP contribution is -2.14. The predicted molar refractivity (Wildman–Crippen MR) is 175 cm³/mol. The molecule has 7 heteroatoms. The Bertz CT molecular complexity index is 2280. The molecule has 0 aliphatic carbocycles. The number of H-pyrrole nitrogens is 2. The smallest absolute Gasteiger partial charge is 0.155 e. The van der Waals surface area contributed by atoms with Gasteiger partial charge in [-0.2, -0.15) is 9.61 Å². The minimum absolute atomic E-state index is 0.276. The molecule has 4 aromatic heterocycles. The summed E-state index contributed by atoms with van der Waals surface area (Å²) in [6, 6.07) is 20.6. The van der Waals surface area contributed by atoms with Gasteiger partial charge in [-0.1, -0.05) is 35.4 Å². The highest BCUT2D eigenvalue weighted by Crippen LogP contribution is 2.36. The lowest BCUT2D eigenvalue weighted by atomic mass is 9.92. The molecule has 0 fully saturated rings. The molecule has 2 aromatic carbocycles. The van der Waals surface area contributed by atoms with E-state index in [4.69, 9.17) is 20.5 Å². The predicted octanol–water partition coefficient (Wildman–Crippen LogP) is 7.92. The molecule has 6 aromatic rings. The zero-order valence-corrected chi connectivity index (χ0v) is 25.2. The van der Waals surface area contributed by atoms with Crippen molar-refractivity contribution in [2.45, 2.75) is 41.5 Å². The molecule has 0 spiro atoms. The largest absolute Gasteiger partial charge is 0.340 e. The Kier molecular flexibility index (Phi) is 6.13. The number of fused-ring (bicyclic) bond motifs is 9. The van der Waals surface area contributed by atoms with Crippen molar-refractivity contribution in [1.29, 1.82) is 5.41 Å². The van der Waals surface area contributed by atoms with Gasteiger partial charge in [0.15, 0.2) is 5.82 Å². The Hall–Kier alpha value is -5.30. The molecule has 0 radical (unpaired) electrons. The molecular weight excluding hydrogens is 530 g/mol. The molecule has 43 heavy (non-hydrogen) atoms. The highest BCUT2D eigenvalue weighted by Gasteiger charge is 2.17. The van der Waals surface area contributed by atoms with Gasteiger partial charge in [-0.3, -0.25) is 5.41 Å². The first-order chi connectivity index (χ1) is 20.7. The Labute approximate surface area is 249 Å². The number of rotatable bonds is 2. The first-order valence-corrected chi connectivity index (χ1v) is 14.5. The van der Waals surface area contributed by atoms with Gasteiger partial charge < -0.3 is 9.97 Å². The van der Waals surface area contributed by atoms with Gasteiger partial charge in [-0.15, -0.1) is 0 Å². The van der Waals surface area contributed by atoms with Crippen LogP contribution in [0.5, 0.6) is 0 Å². The van der Waals surface area contributed by atoms with Crippen LogP contribution in [0.15, 0.2) is 60.7 Å². The van der Waals surface area contributed by atoms with Gasteiger partial charge in [0.2, 0.25) is 0 Å². The van der Waals surface area contributed by atoms with E-state index in [9.17, 15) is 0 Å². The Balaban J connectivity index is 1.68. The molecule has 1 aliphatic rings. The second-order valence-electron chi connectivity index (χ2n) is 11.6. The van der Waals surface area contributed by atoms with E-state index < -0.39 is 0 Å². The maximum atomic E-state index is 8.82. The fraction of sp³-hybridized carbons (Fsp3) is 0.167. The van der Waals surface area contributed by atoms with Gasteiger partial charge in [0.1, 0.15) is 16.8 Å². The number of nitrogens with zero attached hydrogens (tertiary/aromatic N) is 4. The van der Waals surface area contributed by atoms with Crippen molar-refractivity contribution in [1.82, 2.24) is 29.5 Å². The molecule has 0 saturated carbocycles. The third-order valence-corrected chi connectivity index (χ3v) is 8.17. The van der Waals surface area contributed by atoms with Crippen molar-refractivity contribution in [2.75, 3.05) is 0 Å². The molecule has 0 saturated heterocycles. The molecule has 3 N–H and O–H groups in total. The van der Waals surface area contributed by atoms with Crippen molar-refractivity contribution < 1.29 is 0 Å². The summed E-state index contributed by atoms with van der Waals surface area (Å²) in [4.78, 5) is 17.0. The maximum Gasteiger partial charge on any atom is 0.155 e. The van der Waals surface area contributed by atoms with Gasteiger partial charge in [-0.05, 0) is 123 Å². The van der Waals surface area contributed by atoms with E-state index in [1.54, 1.807) is 10.6 Å². The van der Waals surface area contributed by atoms with E-state index >= 15 is 0 Å². The summed E-state index contributed by atoms with van der Waals surface area (Å²) in [5.41, 5.74) is 16.4. The highest BCUT2D eigenvalue weighted by molar-refractivity contribution is 5.95. The zero-order chi connectivity index (χ0) is 30.0. The van der Waals surface area contributed by atoms with Gasteiger partial charge in [0.05, 0.1) is 11.2 Å². The second-order valence-corrected chi connectivity index (χ2v) is 11.6. The van der Waals surface area contributed by atoms with Crippen LogP contribution in [0.1, 0.15) is 44.9 Å². The molecule has 1 aliphatic heterocycles. The van der Waals surface area contributed by atoms with Crippen molar-refractivity contribution in [3.63, 3.8) is 0 Å². The van der Waals surface area contributed by atoms with E-state index in [2.05, 4.69) is 81.8 Å². The summed E-state index contributed by atoms with van der Waals surface area (Å²) < 4.78 is 1.67. The molecule has 7 nitrogen and oxygen atoms in total. The van der Waals surface area contributed by atoms with Crippen LogP contribution in [0.3, 0.4) is 0 Å². The summed E-state index contributed by atoms with van der Waals surface area (Å²) in [7, 11) is 0. The Morgan fingerprint density at radius 2 is 1.21 bits per heavy atom. The van der Waals surface area contributed by atoms with Crippen LogP contribution < -0.4 is 5.49 Å². The SMILES string of the molecule is Cc1cc(C)c(-c2c3nc(nc4ccc([nH]4)c(-c4c(C)cc(C)cc4C)c4ccc(=N)n(n4)c4ccc2[nH]4)C=C3)c(C)c1. The minimum Gasteiger partial charge on any atom is -0.340 e. The lowest BCUT2D eigenvalue weighted by molar-refractivity contribution is 0.858. The number of benzene rings is 2. The first kappa shape index (κ1) is 26.6. The molecule has 212 valence electrons. The fourth-order valence-corrected chi connectivity index (χ4v) is 6.61. The van der Waals surface area contributed by atoms with Crippen LogP contribution >= 0.6 is 0 Å². The number of aryl methyl sites for hydroxylation is 6. The van der Waals surface area contributed by atoms with Crippen molar-refractivity contribution in [2.24, 2.45) is 0 Å². The van der Waals surface area contributed by atoms with Gasteiger partial charge in [0, 0.05) is 22.2 Å². The first-order valence-electron chi connectivity index (χ1n) is 14.5. The molecule has 0 unspecified atom stereocenters. The number of aromatic amines is 2. The number of hydrogen-bond donors (Lipinski definition) is 3. The number of nitrogens with one attached hydrogen (secondary N) is 3. The van der Waals surface area contributed by atoms with E-state index in [0.29, 0.717) is 17.1 Å². The van der Waals surface area contributed by atoms with Crippen LogP contribution in [0.2, 0.25) is 0 Å². The quantitative estimate of drug-likeness (QED) is 0.199. The third kappa shape index (κ3) is 4.54. The molecule has 5 heterocycles. The maximum absolute atomic E-state index is 8.82. The second kappa shape index (κ2) is 9.91. The summed E-state index contributed by atoms with van der Waals surface area (Å²) in [6.45, 7) is 12.8. The fourth-order valence-electron chi connectivity index (χ4n) is 6.61. The average molecular weight is 564 g/mol. The molecule has 0 atom stereocenters. The van der Waals surface area contributed by atoms with Crippen LogP contribution in [0.25, 0.3) is 62.3 Å². The van der Waals surface area contributed by atoms with E-state index in [1.165, 1.54) is 22.3 Å². The number of hydrogen-bond acceptors (Lipinski definition) is 4. The monoisotopic (exact) mass is 563 g/mol. The standard InChI is InChI=1S/C36H33N7/c1-19-15-21(3)33(22(4)16-19)35-25-8-12-30(38-25)41-31-13-9-26(39-31)36(34-23(5)17-20(2)18-24(34)6)28-7-11-29(37)43(42-28)32-14-10-27(35)40-32/h7-18,37,40H,1-6H3,(H,38,39,41). The van der Waals surface area contributed by atoms with E-state index in [-0.39, 0.29) is 5.49 Å². The normalized spacial score (nSPS) is 12.0. The van der Waals surface area contributed by atoms with Crippen LogP contribution in [0, 0.1) is 47.0 Å². The van der Waals surface area contributed by atoms with E-state index in [1.807, 2.05) is 36.4 Å². The van der Waals surface area contributed by atoms with E-state index in [0.717, 1.165) is 55.6 Å². The topological polar surface area (TPSA) is 98.5 Å². The van der Waals surface area contributed by atoms with Crippen molar-refractivity contribution >= 4 is 40.0 Å². The molecule has 7 rings (SSSR count). The summed E-state index contributed by atoms with van der Waals surface area (Å²) >= 11 is 0. The zero-order valence-electron chi connectivity index (χ0n) is 25.2. The summed E-state index contributed by atoms with van der Waals surface area (Å²) in [6.07, 6.45) is 3.99. The van der Waals surface area contributed by atoms with Crippen molar-refractivity contribution in [3.05, 3.63) is 111 Å². The van der Waals surface area contributed by atoms with Gasteiger partial charge in [-0.25, -0.2) is 9.97 Å². The minimum atomic E-state index is 0.276. The third-order valence-electron chi connectivity index (χ3n) is 8.17. The molecular formula is C36H33N7. The lowest BCUT2D eigenvalue weighted by Gasteiger charge is -2.13. The number of aromatic nitrogens is 6. The summed E-state index contributed by atoms with van der Waals surface area (Å²) in [5, 5.41) is 13.9. The van der Waals surface area contributed by atoms with Crippen LogP contribution in [-0.4, -0.2) is 29.5 Å². The summed E-state index contributed by atoms with van der Waals surface area (Å²) in [5.74, 6) is 0.635. The molecule has 8 bridgehead atoms. The highest BCUT2D eigenvalue weighted by atomic mass is 15.2. The van der Waals surface area contributed by atoms with Crippen molar-refractivity contribution in [3.8, 4) is 22.3 Å². The van der Waals surface area contributed by atoms with Gasteiger partial charge in [0.25, 0.3) is 0 Å².